The third-order valence-electron chi connectivity index (χ3n) is 9.18. The van der Waals surface area contributed by atoms with E-state index >= 15 is 0 Å². The lowest BCUT2D eigenvalue weighted by atomic mass is 10.1. The molecule has 2 aromatic carbocycles. The molecule has 0 bridgehead atoms. The second-order valence-electron chi connectivity index (χ2n) is 12.5. The van der Waals surface area contributed by atoms with Crippen LogP contribution in [-0.2, 0) is 25.4 Å². The predicted molar refractivity (Wildman–Crippen MR) is 198 cm³/mol. The lowest BCUT2D eigenvalue weighted by Crippen LogP contribution is -2.19. The van der Waals surface area contributed by atoms with Crippen molar-refractivity contribution in [1.29, 1.82) is 0 Å². The number of aryl methyl sites for hydroxylation is 3. The minimum absolute atomic E-state index is 0.0913. The first-order valence-electron chi connectivity index (χ1n) is 16.4. The third-order valence-corrected chi connectivity index (χ3v) is 9.18. The van der Waals surface area contributed by atoms with Gasteiger partial charge < -0.3 is 33.9 Å². The SMILES string of the molecule is COc1ccc2c(c1)c(-c1cc3c(ncc4cnc(C)n43)[nH]1)cn2C.COc1ccc2c(c1)c(-c1cc3nc(CNC(C)=O)cnc3[nH]1)cn2C. The van der Waals surface area contributed by atoms with Crippen LogP contribution in [0.2, 0.25) is 0 Å². The number of aromatic nitrogens is 9. The Kier molecular flexibility index (Phi) is 7.66. The van der Waals surface area contributed by atoms with Gasteiger partial charge in [0.05, 0.1) is 67.5 Å². The quantitative estimate of drug-likeness (QED) is 0.183. The van der Waals surface area contributed by atoms with Crippen LogP contribution in [0.15, 0.2) is 79.5 Å². The highest BCUT2D eigenvalue weighted by atomic mass is 16.5. The van der Waals surface area contributed by atoms with Crippen molar-refractivity contribution in [2.75, 3.05) is 14.2 Å². The van der Waals surface area contributed by atoms with Gasteiger partial charge in [-0.25, -0.2) is 19.9 Å². The van der Waals surface area contributed by atoms with Crippen molar-refractivity contribution in [2.24, 2.45) is 14.1 Å². The molecule has 0 aliphatic rings. The lowest BCUT2D eigenvalue weighted by molar-refractivity contribution is -0.119. The average molecular weight is 681 g/mol. The number of hydrogen-bond acceptors (Lipinski definition) is 7. The zero-order valence-electron chi connectivity index (χ0n) is 29.1. The first kappa shape index (κ1) is 31.6. The van der Waals surface area contributed by atoms with Gasteiger partial charge in [0, 0.05) is 66.3 Å². The van der Waals surface area contributed by atoms with Crippen LogP contribution in [0.1, 0.15) is 18.4 Å². The molecular formula is C38H36N10O3. The van der Waals surface area contributed by atoms with Gasteiger partial charge in [-0.1, -0.05) is 0 Å². The minimum Gasteiger partial charge on any atom is -0.497 e. The summed E-state index contributed by atoms with van der Waals surface area (Å²) in [5.74, 6) is 2.52. The van der Waals surface area contributed by atoms with Crippen LogP contribution in [0.3, 0.4) is 0 Å². The molecule has 7 aromatic heterocycles. The second kappa shape index (κ2) is 12.4. The monoisotopic (exact) mass is 680 g/mol. The van der Waals surface area contributed by atoms with E-state index < -0.39 is 0 Å². The number of hydrogen-bond donors (Lipinski definition) is 3. The van der Waals surface area contributed by atoms with E-state index in [1.54, 1.807) is 20.4 Å². The van der Waals surface area contributed by atoms with E-state index in [0.29, 0.717) is 12.2 Å². The highest BCUT2D eigenvalue weighted by Crippen LogP contribution is 2.35. The number of rotatable bonds is 6. The summed E-state index contributed by atoms with van der Waals surface area (Å²) in [4.78, 5) is 35.8. The van der Waals surface area contributed by atoms with Gasteiger partial charge >= 0.3 is 0 Å². The van der Waals surface area contributed by atoms with Gasteiger partial charge in [0.25, 0.3) is 0 Å². The van der Waals surface area contributed by atoms with Gasteiger partial charge in [0.2, 0.25) is 5.91 Å². The summed E-state index contributed by atoms with van der Waals surface area (Å²) >= 11 is 0. The first-order valence-corrected chi connectivity index (χ1v) is 16.4. The third kappa shape index (κ3) is 5.58. The highest BCUT2D eigenvalue weighted by Gasteiger charge is 2.16. The van der Waals surface area contributed by atoms with Gasteiger partial charge in [-0.05, 0) is 55.5 Å². The van der Waals surface area contributed by atoms with Crippen LogP contribution < -0.4 is 14.8 Å². The maximum Gasteiger partial charge on any atom is 0.217 e. The number of carbonyl (C=O) groups is 1. The van der Waals surface area contributed by atoms with Crippen LogP contribution in [-0.4, -0.2) is 63.6 Å². The molecule has 13 nitrogen and oxygen atoms in total. The fourth-order valence-corrected chi connectivity index (χ4v) is 6.65. The summed E-state index contributed by atoms with van der Waals surface area (Å²) in [6, 6.07) is 16.3. The topological polar surface area (TPSA) is 145 Å². The van der Waals surface area contributed by atoms with Crippen molar-refractivity contribution in [3.63, 3.8) is 0 Å². The molecule has 1 amide bonds. The number of nitrogens with one attached hydrogen (secondary N) is 3. The molecule has 0 saturated carbocycles. The van der Waals surface area contributed by atoms with Crippen molar-refractivity contribution in [3.05, 3.63) is 91.0 Å². The van der Waals surface area contributed by atoms with Crippen LogP contribution in [0.5, 0.6) is 11.5 Å². The molecule has 0 aliphatic carbocycles. The number of methoxy groups -OCH3 is 2. The number of benzene rings is 2. The number of ether oxygens (including phenoxy) is 2. The summed E-state index contributed by atoms with van der Waals surface area (Å²) in [6.45, 7) is 3.85. The average Bonchev–Trinajstić information content (AvgIpc) is 3.96. The molecule has 9 aromatic rings. The summed E-state index contributed by atoms with van der Waals surface area (Å²) in [5, 5.41) is 4.98. The van der Waals surface area contributed by atoms with E-state index in [-0.39, 0.29) is 5.91 Å². The van der Waals surface area contributed by atoms with Crippen LogP contribution in [0.25, 0.3) is 72.2 Å². The molecule has 0 radical (unpaired) electrons. The van der Waals surface area contributed by atoms with E-state index in [9.17, 15) is 4.79 Å². The van der Waals surface area contributed by atoms with Gasteiger partial charge in [-0.3, -0.25) is 9.20 Å². The molecular weight excluding hydrogens is 644 g/mol. The number of imidazole rings is 1. The molecule has 0 fully saturated rings. The molecule has 13 heteroatoms. The van der Waals surface area contributed by atoms with E-state index in [2.05, 4.69) is 86.4 Å². The maximum absolute atomic E-state index is 11.1. The van der Waals surface area contributed by atoms with Crippen molar-refractivity contribution >= 4 is 55.6 Å². The summed E-state index contributed by atoms with van der Waals surface area (Å²) < 4.78 is 17.1. The zero-order chi connectivity index (χ0) is 35.4. The van der Waals surface area contributed by atoms with Crippen LogP contribution in [0, 0.1) is 6.92 Å². The minimum atomic E-state index is -0.0913. The van der Waals surface area contributed by atoms with E-state index in [4.69, 9.17) is 9.47 Å². The molecule has 0 saturated heterocycles. The number of aromatic amines is 2. The molecule has 0 spiro atoms. The summed E-state index contributed by atoms with van der Waals surface area (Å²) in [5.41, 5.74) is 11.5. The molecule has 9 rings (SSSR count). The van der Waals surface area contributed by atoms with Gasteiger partial charge in [-0.15, -0.1) is 0 Å². The van der Waals surface area contributed by atoms with E-state index in [1.165, 1.54) is 6.92 Å². The van der Waals surface area contributed by atoms with Crippen LogP contribution >= 0.6 is 0 Å². The summed E-state index contributed by atoms with van der Waals surface area (Å²) in [6.07, 6.45) is 9.57. The standard InChI is InChI=1S/C19H19N5O2.C19H17N5O/c1-11(25)20-8-12-9-21-19-17(22-12)7-16(23-19)15-10-24(2)18-5-4-13(26-3)6-14(15)18;1-11-20-8-12-9-21-19-18(24(11)12)7-16(22-19)15-10-23(2)17-5-4-13(25-3)6-14(15)17/h4-7,9-10H,8H2,1-3H3,(H,20,25)(H,21,23);4-10,22H,1-3H3. The zero-order valence-corrected chi connectivity index (χ0v) is 29.1. The number of carbonyl (C=O) groups excluding carboxylic acids is 1. The van der Waals surface area contributed by atoms with Gasteiger partial charge in [-0.2, -0.15) is 0 Å². The van der Waals surface area contributed by atoms with Gasteiger partial charge in [0.1, 0.15) is 22.8 Å². The molecule has 0 unspecified atom stereocenters. The second-order valence-corrected chi connectivity index (χ2v) is 12.5. The first-order chi connectivity index (χ1) is 24.7. The van der Waals surface area contributed by atoms with Crippen molar-refractivity contribution in [2.45, 2.75) is 20.4 Å². The summed E-state index contributed by atoms with van der Waals surface area (Å²) in [7, 11) is 7.42. The van der Waals surface area contributed by atoms with E-state index in [1.807, 2.05) is 56.7 Å². The Hall–Kier alpha value is -6.63. The van der Waals surface area contributed by atoms with Gasteiger partial charge in [0.15, 0.2) is 11.3 Å². The Balaban J connectivity index is 0.000000147. The van der Waals surface area contributed by atoms with E-state index in [0.717, 1.165) is 89.5 Å². The molecule has 0 atom stereocenters. The predicted octanol–water partition coefficient (Wildman–Crippen LogP) is 6.45. The Labute approximate surface area is 291 Å². The largest absolute Gasteiger partial charge is 0.497 e. The number of amides is 1. The molecule has 0 aliphatic heterocycles. The molecule has 7 heterocycles. The molecule has 256 valence electrons. The van der Waals surface area contributed by atoms with Crippen LogP contribution in [0.4, 0.5) is 0 Å². The molecule has 3 N–H and O–H groups in total. The number of H-pyrrole nitrogens is 2. The fourth-order valence-electron chi connectivity index (χ4n) is 6.65. The maximum atomic E-state index is 11.1. The van der Waals surface area contributed by atoms with Crippen molar-refractivity contribution < 1.29 is 14.3 Å². The number of fused-ring (bicyclic) bond motifs is 6. The Morgan fingerprint density at radius 2 is 1.35 bits per heavy atom. The Morgan fingerprint density at radius 1 is 0.765 bits per heavy atom. The Morgan fingerprint density at radius 3 is 1.98 bits per heavy atom. The lowest BCUT2D eigenvalue weighted by Gasteiger charge is -2.01. The fraction of sp³-hybridized carbons (Fsp3) is 0.184. The highest BCUT2D eigenvalue weighted by molar-refractivity contribution is 5.99. The normalized spacial score (nSPS) is 11.5. The number of nitrogens with zero attached hydrogens (tertiary/aromatic N) is 7. The Bertz CT molecular complexity index is 2760. The smallest absolute Gasteiger partial charge is 0.217 e. The molecule has 51 heavy (non-hydrogen) atoms. The van der Waals surface area contributed by atoms with Crippen molar-refractivity contribution in [1.82, 2.24) is 48.8 Å². The van der Waals surface area contributed by atoms with Crippen molar-refractivity contribution in [3.8, 4) is 34.0 Å².